The van der Waals surface area contributed by atoms with Gasteiger partial charge in [0.2, 0.25) is 5.89 Å². The number of aliphatic hydroxyl groups is 1. The molecule has 7 nitrogen and oxygen atoms in total. The Morgan fingerprint density at radius 2 is 1.88 bits per heavy atom. The molecule has 0 aliphatic heterocycles. The van der Waals surface area contributed by atoms with Crippen LogP contribution in [0.5, 0.6) is 0 Å². The lowest BCUT2D eigenvalue weighted by Gasteiger charge is -2.22. The summed E-state index contributed by atoms with van der Waals surface area (Å²) in [4.78, 5) is 16.3. The Labute approximate surface area is 188 Å². The monoisotopic (exact) mass is 463 g/mol. The van der Waals surface area contributed by atoms with Crippen molar-refractivity contribution in [3.8, 4) is 0 Å². The molecule has 0 saturated heterocycles. The van der Waals surface area contributed by atoms with Gasteiger partial charge in [-0.05, 0) is 23.1 Å². The molecule has 3 aromatic rings. The van der Waals surface area contributed by atoms with E-state index in [1.807, 2.05) is 30.3 Å². The highest BCUT2D eigenvalue weighted by Gasteiger charge is 2.30. The lowest BCUT2D eigenvalue weighted by atomic mass is 9.98. The Hall–Kier alpha value is -3.40. The van der Waals surface area contributed by atoms with Gasteiger partial charge in [0.15, 0.2) is 5.82 Å². The molecule has 0 saturated carbocycles. The average Bonchev–Trinajstić information content (AvgIpc) is 3.22. The molecule has 0 spiro atoms. The zero-order chi connectivity index (χ0) is 23.8. The highest BCUT2D eigenvalue weighted by molar-refractivity contribution is 5.67. The fourth-order valence-electron chi connectivity index (χ4n) is 3.19. The molecule has 2 atom stereocenters. The summed E-state index contributed by atoms with van der Waals surface area (Å²) in [6.07, 6.45) is -4.77. The molecule has 1 aromatic heterocycles. The molecule has 1 amide bonds. The molecular weight excluding hydrogens is 439 g/mol. The summed E-state index contributed by atoms with van der Waals surface area (Å²) in [6, 6.07) is 13.5. The number of carbonyl (C=O) groups excluding carboxylic acids is 1. The van der Waals surface area contributed by atoms with Gasteiger partial charge in [0.05, 0.1) is 24.6 Å². The van der Waals surface area contributed by atoms with Gasteiger partial charge in [-0.2, -0.15) is 18.2 Å². The van der Waals surface area contributed by atoms with E-state index < -0.39 is 23.9 Å². The summed E-state index contributed by atoms with van der Waals surface area (Å²) < 4.78 is 49.0. The molecule has 0 bridgehead atoms. The van der Waals surface area contributed by atoms with E-state index in [1.54, 1.807) is 13.0 Å². The van der Waals surface area contributed by atoms with E-state index in [9.17, 15) is 23.1 Å². The van der Waals surface area contributed by atoms with E-state index in [2.05, 4.69) is 15.5 Å². The number of nitrogens with zero attached hydrogens (tertiary/aromatic N) is 2. The van der Waals surface area contributed by atoms with Crippen molar-refractivity contribution in [1.82, 2.24) is 15.5 Å². The summed E-state index contributed by atoms with van der Waals surface area (Å²) in [5, 5.41) is 16.2. The Bertz CT molecular complexity index is 1040. The summed E-state index contributed by atoms with van der Waals surface area (Å²) in [5.41, 5.74) is 0.481. The summed E-state index contributed by atoms with van der Waals surface area (Å²) in [5.74, 6) is 0.230. The van der Waals surface area contributed by atoms with Crippen molar-refractivity contribution in [2.45, 2.75) is 38.6 Å². The molecule has 0 aliphatic carbocycles. The highest BCUT2D eigenvalue weighted by Crippen LogP contribution is 2.30. The zero-order valence-corrected chi connectivity index (χ0v) is 17.9. The van der Waals surface area contributed by atoms with Crippen LogP contribution in [0.15, 0.2) is 59.1 Å². The number of amides is 1. The number of aliphatic hydroxyl groups excluding tert-OH is 1. The molecule has 2 N–H and O–H groups in total. The maximum atomic E-state index is 12.9. The lowest BCUT2D eigenvalue weighted by Crippen LogP contribution is -2.43. The second-order valence-electron chi connectivity index (χ2n) is 7.66. The van der Waals surface area contributed by atoms with E-state index in [-0.39, 0.29) is 37.9 Å². The second-order valence-corrected chi connectivity index (χ2v) is 7.66. The maximum absolute atomic E-state index is 12.9. The first-order chi connectivity index (χ1) is 15.7. The van der Waals surface area contributed by atoms with E-state index in [4.69, 9.17) is 9.26 Å². The Morgan fingerprint density at radius 1 is 1.15 bits per heavy atom. The molecule has 0 aliphatic rings. The van der Waals surface area contributed by atoms with Crippen LogP contribution in [0.25, 0.3) is 0 Å². The first kappa shape index (κ1) is 24.2. The predicted molar refractivity (Wildman–Crippen MR) is 112 cm³/mol. The predicted octanol–water partition coefficient (Wildman–Crippen LogP) is 4.15. The van der Waals surface area contributed by atoms with Crippen molar-refractivity contribution >= 4 is 6.09 Å². The summed E-state index contributed by atoms with van der Waals surface area (Å²) in [6.45, 7) is 1.57. The van der Waals surface area contributed by atoms with Crippen LogP contribution in [-0.4, -0.2) is 34.0 Å². The number of alkyl carbamates (subject to hydrolysis) is 1. The fraction of sp³-hybridized carbons (Fsp3) is 0.348. The first-order valence-corrected chi connectivity index (χ1v) is 10.3. The maximum Gasteiger partial charge on any atom is 0.416 e. The van der Waals surface area contributed by atoms with Crippen LogP contribution in [0.3, 0.4) is 0 Å². The smallest absolute Gasteiger partial charge is 0.416 e. The molecule has 10 heteroatoms. The van der Waals surface area contributed by atoms with E-state index in [0.717, 1.165) is 17.7 Å². The van der Waals surface area contributed by atoms with Crippen molar-refractivity contribution in [2.24, 2.45) is 5.92 Å². The number of halogens is 3. The van der Waals surface area contributed by atoms with Gasteiger partial charge < -0.3 is 19.7 Å². The quantitative estimate of drug-likeness (QED) is 0.495. The van der Waals surface area contributed by atoms with Gasteiger partial charge in [-0.25, -0.2) is 4.79 Å². The fourth-order valence-corrected chi connectivity index (χ4v) is 3.19. The average molecular weight is 463 g/mol. The minimum absolute atomic E-state index is 0.0544. The molecular formula is C23H24F3N3O4. The van der Waals surface area contributed by atoms with Gasteiger partial charge in [-0.3, -0.25) is 0 Å². The summed E-state index contributed by atoms with van der Waals surface area (Å²) in [7, 11) is 0. The molecule has 2 aromatic carbocycles. The molecule has 3 rings (SSSR count). The first-order valence-electron chi connectivity index (χ1n) is 10.3. The van der Waals surface area contributed by atoms with Crippen LogP contribution in [0.1, 0.15) is 35.3 Å². The Balaban J connectivity index is 1.53. The van der Waals surface area contributed by atoms with Gasteiger partial charge in [0.25, 0.3) is 0 Å². The van der Waals surface area contributed by atoms with Gasteiger partial charge >= 0.3 is 12.3 Å². The van der Waals surface area contributed by atoms with Crippen LogP contribution in [0, 0.1) is 5.92 Å². The van der Waals surface area contributed by atoms with Crippen LogP contribution < -0.4 is 5.32 Å². The number of alkyl halides is 3. The number of hydrogen-bond donors (Lipinski definition) is 2. The molecule has 1 heterocycles. The number of nitrogens with one attached hydrogen (secondary N) is 1. The molecule has 2 unspecified atom stereocenters. The summed E-state index contributed by atoms with van der Waals surface area (Å²) >= 11 is 0. The van der Waals surface area contributed by atoms with Gasteiger partial charge in [-0.1, -0.05) is 60.6 Å². The third kappa shape index (κ3) is 7.31. The molecule has 0 fully saturated rings. The largest absolute Gasteiger partial charge is 0.445 e. The minimum atomic E-state index is -4.43. The normalized spacial score (nSPS) is 13.4. The van der Waals surface area contributed by atoms with Crippen LogP contribution >= 0.6 is 0 Å². The van der Waals surface area contributed by atoms with Gasteiger partial charge in [0, 0.05) is 6.42 Å². The van der Waals surface area contributed by atoms with Crippen molar-refractivity contribution in [3.05, 3.63) is 83.0 Å². The van der Waals surface area contributed by atoms with Crippen molar-refractivity contribution in [3.63, 3.8) is 0 Å². The van der Waals surface area contributed by atoms with Gasteiger partial charge in [0.1, 0.15) is 6.61 Å². The van der Waals surface area contributed by atoms with Crippen LogP contribution in [0.4, 0.5) is 18.0 Å². The highest BCUT2D eigenvalue weighted by atomic mass is 19.4. The van der Waals surface area contributed by atoms with Crippen molar-refractivity contribution in [1.29, 1.82) is 0 Å². The second kappa shape index (κ2) is 11.0. The van der Waals surface area contributed by atoms with Crippen LogP contribution in [0.2, 0.25) is 0 Å². The van der Waals surface area contributed by atoms with Crippen LogP contribution in [-0.2, 0) is 30.4 Å². The Kier molecular flexibility index (Phi) is 8.05. The van der Waals surface area contributed by atoms with Crippen molar-refractivity contribution in [2.75, 3.05) is 6.61 Å². The van der Waals surface area contributed by atoms with E-state index in [0.29, 0.717) is 11.4 Å². The molecule has 176 valence electrons. The topological polar surface area (TPSA) is 97.5 Å². The van der Waals surface area contributed by atoms with Gasteiger partial charge in [-0.15, -0.1) is 0 Å². The lowest BCUT2D eigenvalue weighted by molar-refractivity contribution is -0.137. The number of ether oxygens (including phenoxy) is 1. The van der Waals surface area contributed by atoms with Crippen molar-refractivity contribution < 1.29 is 32.3 Å². The number of rotatable bonds is 9. The number of carbonyl (C=O) groups is 1. The Morgan fingerprint density at radius 3 is 2.58 bits per heavy atom. The number of aromatic nitrogens is 2. The van der Waals surface area contributed by atoms with E-state index in [1.165, 1.54) is 6.07 Å². The number of hydrogen-bond acceptors (Lipinski definition) is 6. The third-order valence-corrected chi connectivity index (χ3v) is 5.02. The molecule has 33 heavy (non-hydrogen) atoms. The number of benzene rings is 2. The zero-order valence-electron chi connectivity index (χ0n) is 17.9. The SMILES string of the molecule is CC(Cc1noc(Cc2cccc(C(F)(F)F)c2)n1)C(CO)NC(=O)OCc1ccccc1. The van der Waals surface area contributed by atoms with E-state index >= 15 is 0 Å². The standard InChI is InChI=1S/C23H24F3N3O4/c1-15(19(13-30)27-22(31)32-14-16-6-3-2-4-7-16)10-20-28-21(33-29-20)12-17-8-5-9-18(11-17)23(24,25)26/h2-9,11,15,19,30H,10,12-14H2,1H3,(H,27,31). The molecule has 0 radical (unpaired) electrons. The third-order valence-electron chi connectivity index (χ3n) is 5.02. The minimum Gasteiger partial charge on any atom is -0.445 e.